The topological polar surface area (TPSA) is 50.8 Å². The standard InChI is InChI=1S/C18H18ClN3OS/c1-12-4-3-5-14(8-12)11-24-18-20-17(21-22-18)10-23-15-6-7-16(19)13(2)9-15/h3-9H,10-11H2,1-2H3,(H,20,21,22). The van der Waals surface area contributed by atoms with Crippen LogP contribution in [-0.4, -0.2) is 15.2 Å². The molecule has 0 spiro atoms. The van der Waals surface area contributed by atoms with Crippen LogP contribution < -0.4 is 4.74 Å². The van der Waals surface area contributed by atoms with Crippen LogP contribution in [0.5, 0.6) is 5.75 Å². The molecule has 24 heavy (non-hydrogen) atoms. The number of nitrogens with one attached hydrogen (secondary N) is 1. The highest BCUT2D eigenvalue weighted by Crippen LogP contribution is 2.22. The highest BCUT2D eigenvalue weighted by molar-refractivity contribution is 7.98. The van der Waals surface area contributed by atoms with E-state index in [2.05, 4.69) is 46.4 Å². The summed E-state index contributed by atoms with van der Waals surface area (Å²) in [6, 6.07) is 14.0. The van der Waals surface area contributed by atoms with E-state index in [0.29, 0.717) is 12.4 Å². The van der Waals surface area contributed by atoms with Crippen LogP contribution in [0.3, 0.4) is 0 Å². The summed E-state index contributed by atoms with van der Waals surface area (Å²) < 4.78 is 5.72. The summed E-state index contributed by atoms with van der Waals surface area (Å²) in [6.07, 6.45) is 0. The Bertz CT molecular complexity index is 835. The molecule has 1 aromatic heterocycles. The van der Waals surface area contributed by atoms with Gasteiger partial charge in [0.1, 0.15) is 12.4 Å². The zero-order valence-corrected chi connectivity index (χ0v) is 15.1. The maximum Gasteiger partial charge on any atom is 0.208 e. The van der Waals surface area contributed by atoms with Gasteiger partial charge in [0, 0.05) is 10.8 Å². The molecule has 124 valence electrons. The van der Waals surface area contributed by atoms with Crippen molar-refractivity contribution in [1.82, 2.24) is 15.2 Å². The van der Waals surface area contributed by atoms with Gasteiger partial charge in [0.05, 0.1) is 0 Å². The first-order valence-electron chi connectivity index (χ1n) is 7.59. The number of hydrogen-bond donors (Lipinski definition) is 1. The van der Waals surface area contributed by atoms with Crippen LogP contribution in [0, 0.1) is 13.8 Å². The van der Waals surface area contributed by atoms with E-state index < -0.39 is 0 Å². The number of aromatic amines is 1. The maximum absolute atomic E-state index is 6.01. The Morgan fingerprint density at radius 2 is 2.04 bits per heavy atom. The summed E-state index contributed by atoms with van der Waals surface area (Å²) in [5.74, 6) is 2.31. The van der Waals surface area contributed by atoms with Gasteiger partial charge >= 0.3 is 0 Å². The fourth-order valence-corrected chi connectivity index (χ4v) is 3.09. The van der Waals surface area contributed by atoms with Gasteiger partial charge in [-0.2, -0.15) is 0 Å². The van der Waals surface area contributed by atoms with Gasteiger partial charge in [-0.1, -0.05) is 53.2 Å². The molecular formula is C18H18ClN3OS. The summed E-state index contributed by atoms with van der Waals surface area (Å²) >= 11 is 7.61. The molecule has 2 aromatic carbocycles. The third-order valence-electron chi connectivity index (χ3n) is 3.47. The molecule has 0 amide bonds. The Morgan fingerprint density at radius 3 is 2.83 bits per heavy atom. The lowest BCUT2D eigenvalue weighted by Gasteiger charge is -2.05. The third-order valence-corrected chi connectivity index (χ3v) is 4.81. The zero-order chi connectivity index (χ0) is 16.9. The van der Waals surface area contributed by atoms with Gasteiger partial charge in [0.25, 0.3) is 0 Å². The second kappa shape index (κ2) is 7.73. The molecule has 0 aliphatic heterocycles. The first kappa shape index (κ1) is 16.9. The Balaban J connectivity index is 1.54. The van der Waals surface area contributed by atoms with Crippen molar-refractivity contribution in [3.8, 4) is 5.75 Å². The molecule has 3 rings (SSSR count). The molecule has 0 bridgehead atoms. The molecular weight excluding hydrogens is 342 g/mol. The SMILES string of the molecule is Cc1cccc(CSc2n[nH]c(COc3ccc(Cl)c(C)c3)n2)c1. The lowest BCUT2D eigenvalue weighted by molar-refractivity contribution is 0.296. The predicted octanol–water partition coefficient (Wildman–Crippen LogP) is 4.95. The molecule has 0 aliphatic rings. The van der Waals surface area contributed by atoms with Gasteiger partial charge in [0.2, 0.25) is 5.16 Å². The van der Waals surface area contributed by atoms with Crippen LogP contribution in [0.4, 0.5) is 0 Å². The molecule has 0 atom stereocenters. The smallest absolute Gasteiger partial charge is 0.208 e. The van der Waals surface area contributed by atoms with Gasteiger partial charge in [0.15, 0.2) is 5.82 Å². The molecule has 0 aliphatic carbocycles. The average molecular weight is 360 g/mol. The molecule has 0 saturated carbocycles. The molecule has 6 heteroatoms. The van der Waals surface area contributed by atoms with Gasteiger partial charge in [-0.05, 0) is 43.2 Å². The quantitative estimate of drug-likeness (QED) is 0.633. The van der Waals surface area contributed by atoms with Crippen LogP contribution in [0.15, 0.2) is 47.6 Å². The molecule has 0 radical (unpaired) electrons. The van der Waals surface area contributed by atoms with E-state index in [1.54, 1.807) is 11.8 Å². The Labute approximate surface area is 150 Å². The number of aryl methyl sites for hydroxylation is 2. The first-order chi connectivity index (χ1) is 11.6. The molecule has 0 unspecified atom stereocenters. The van der Waals surface area contributed by atoms with Crippen molar-refractivity contribution in [2.24, 2.45) is 0 Å². The molecule has 3 aromatic rings. The number of halogens is 1. The summed E-state index contributed by atoms with van der Waals surface area (Å²) in [5.41, 5.74) is 3.51. The number of benzene rings is 2. The van der Waals surface area contributed by atoms with Crippen molar-refractivity contribution in [1.29, 1.82) is 0 Å². The van der Waals surface area contributed by atoms with E-state index in [0.717, 1.165) is 27.2 Å². The van der Waals surface area contributed by atoms with Crippen LogP contribution >= 0.6 is 23.4 Å². The van der Waals surface area contributed by atoms with Gasteiger partial charge in [-0.3, -0.25) is 5.10 Å². The highest BCUT2D eigenvalue weighted by Gasteiger charge is 2.06. The van der Waals surface area contributed by atoms with E-state index in [4.69, 9.17) is 16.3 Å². The van der Waals surface area contributed by atoms with E-state index in [9.17, 15) is 0 Å². The Hall–Kier alpha value is -1.98. The van der Waals surface area contributed by atoms with Crippen molar-refractivity contribution in [2.45, 2.75) is 31.4 Å². The molecule has 1 N–H and O–H groups in total. The van der Waals surface area contributed by atoms with Crippen LogP contribution in [0.25, 0.3) is 0 Å². The summed E-state index contributed by atoms with van der Waals surface area (Å²) in [5, 5.41) is 8.60. The van der Waals surface area contributed by atoms with Crippen molar-refractivity contribution in [3.05, 3.63) is 70.0 Å². The lowest BCUT2D eigenvalue weighted by atomic mass is 10.2. The average Bonchev–Trinajstić information content (AvgIpc) is 3.02. The number of thioether (sulfide) groups is 1. The second-order valence-electron chi connectivity index (χ2n) is 5.54. The van der Waals surface area contributed by atoms with Crippen molar-refractivity contribution >= 4 is 23.4 Å². The van der Waals surface area contributed by atoms with E-state index in [1.165, 1.54) is 11.1 Å². The summed E-state index contributed by atoms with van der Waals surface area (Å²) in [6.45, 7) is 4.39. The van der Waals surface area contributed by atoms with Crippen molar-refractivity contribution < 1.29 is 4.74 Å². The summed E-state index contributed by atoms with van der Waals surface area (Å²) in [7, 11) is 0. The zero-order valence-electron chi connectivity index (χ0n) is 13.5. The number of rotatable bonds is 6. The minimum Gasteiger partial charge on any atom is -0.486 e. The number of hydrogen-bond acceptors (Lipinski definition) is 4. The Morgan fingerprint density at radius 1 is 1.17 bits per heavy atom. The van der Waals surface area contributed by atoms with Crippen LogP contribution in [0.1, 0.15) is 22.5 Å². The fourth-order valence-electron chi connectivity index (χ4n) is 2.22. The minimum atomic E-state index is 0.346. The monoisotopic (exact) mass is 359 g/mol. The number of H-pyrrole nitrogens is 1. The van der Waals surface area contributed by atoms with E-state index in [-0.39, 0.29) is 0 Å². The predicted molar refractivity (Wildman–Crippen MR) is 97.6 cm³/mol. The maximum atomic E-state index is 6.01. The third kappa shape index (κ3) is 4.52. The van der Waals surface area contributed by atoms with Crippen molar-refractivity contribution in [3.63, 3.8) is 0 Å². The van der Waals surface area contributed by atoms with E-state index >= 15 is 0 Å². The van der Waals surface area contributed by atoms with Crippen molar-refractivity contribution in [2.75, 3.05) is 0 Å². The minimum absolute atomic E-state index is 0.346. The fraction of sp³-hybridized carbons (Fsp3) is 0.222. The van der Waals surface area contributed by atoms with Crippen LogP contribution in [0.2, 0.25) is 5.02 Å². The molecule has 0 saturated heterocycles. The normalized spacial score (nSPS) is 10.8. The first-order valence-corrected chi connectivity index (χ1v) is 8.95. The largest absolute Gasteiger partial charge is 0.486 e. The summed E-state index contributed by atoms with van der Waals surface area (Å²) in [4.78, 5) is 4.45. The second-order valence-corrected chi connectivity index (χ2v) is 6.89. The number of aromatic nitrogens is 3. The lowest BCUT2D eigenvalue weighted by Crippen LogP contribution is -1.98. The molecule has 4 nitrogen and oxygen atoms in total. The molecule has 0 fully saturated rings. The van der Waals surface area contributed by atoms with Crippen LogP contribution in [-0.2, 0) is 12.4 Å². The number of ether oxygens (including phenoxy) is 1. The highest BCUT2D eigenvalue weighted by atomic mass is 35.5. The number of nitrogens with zero attached hydrogens (tertiary/aromatic N) is 2. The van der Waals surface area contributed by atoms with E-state index in [1.807, 2.05) is 25.1 Å². The van der Waals surface area contributed by atoms with Gasteiger partial charge in [-0.25, -0.2) is 4.98 Å². The molecule has 1 heterocycles. The Kier molecular flexibility index (Phi) is 5.43. The van der Waals surface area contributed by atoms with Gasteiger partial charge in [-0.15, -0.1) is 5.10 Å². The van der Waals surface area contributed by atoms with Gasteiger partial charge < -0.3 is 4.74 Å².